The van der Waals surface area contributed by atoms with E-state index in [0.717, 1.165) is 30.8 Å². The van der Waals surface area contributed by atoms with Crippen molar-refractivity contribution in [1.29, 1.82) is 5.26 Å². The van der Waals surface area contributed by atoms with Gasteiger partial charge in [0, 0.05) is 49.4 Å². The fourth-order valence-corrected chi connectivity index (χ4v) is 4.07. The normalized spacial score (nSPS) is 14.0. The summed E-state index contributed by atoms with van der Waals surface area (Å²) in [6.45, 7) is 3.75. The van der Waals surface area contributed by atoms with Crippen molar-refractivity contribution >= 4 is 5.91 Å². The standard InChI is InChI=1S/C27H23N5O2/c28-18-21-5-4-8-24(17-21)27(33)32-15-13-31(14-16-32)19-20-9-11-22(12-10-20)25-29-26(34-30-25)23-6-2-1-3-7-23/h1-12,17H,13-16,19H2. The molecule has 3 aromatic carbocycles. The van der Waals surface area contributed by atoms with Crippen LogP contribution in [0, 0.1) is 11.3 Å². The van der Waals surface area contributed by atoms with Crippen LogP contribution in [0.25, 0.3) is 22.8 Å². The number of nitriles is 1. The van der Waals surface area contributed by atoms with Crippen molar-refractivity contribution in [2.45, 2.75) is 6.54 Å². The van der Waals surface area contributed by atoms with Gasteiger partial charge in [-0.05, 0) is 35.9 Å². The van der Waals surface area contributed by atoms with Crippen molar-refractivity contribution < 1.29 is 9.32 Å². The van der Waals surface area contributed by atoms with Gasteiger partial charge in [0.2, 0.25) is 5.82 Å². The molecule has 1 aliphatic rings. The summed E-state index contributed by atoms with van der Waals surface area (Å²) in [5, 5.41) is 13.2. The lowest BCUT2D eigenvalue weighted by Crippen LogP contribution is -2.48. The summed E-state index contributed by atoms with van der Waals surface area (Å²) in [5.41, 5.74) is 4.07. The lowest BCUT2D eigenvalue weighted by molar-refractivity contribution is 0.0628. The van der Waals surface area contributed by atoms with Gasteiger partial charge in [-0.25, -0.2) is 0 Å². The van der Waals surface area contributed by atoms with Crippen LogP contribution < -0.4 is 0 Å². The molecule has 168 valence electrons. The van der Waals surface area contributed by atoms with E-state index in [1.807, 2.05) is 47.4 Å². The first-order valence-electron chi connectivity index (χ1n) is 11.2. The van der Waals surface area contributed by atoms with E-state index in [-0.39, 0.29) is 5.91 Å². The maximum absolute atomic E-state index is 12.8. The van der Waals surface area contributed by atoms with Gasteiger partial charge < -0.3 is 9.42 Å². The Morgan fingerprint density at radius 2 is 1.68 bits per heavy atom. The number of nitrogens with zero attached hydrogens (tertiary/aromatic N) is 5. The molecule has 0 bridgehead atoms. The van der Waals surface area contributed by atoms with Gasteiger partial charge in [-0.2, -0.15) is 10.2 Å². The fraction of sp³-hybridized carbons (Fsp3) is 0.185. The highest BCUT2D eigenvalue weighted by Gasteiger charge is 2.22. The van der Waals surface area contributed by atoms with E-state index in [2.05, 4.69) is 33.2 Å². The lowest BCUT2D eigenvalue weighted by Gasteiger charge is -2.34. The number of piperazine rings is 1. The van der Waals surface area contributed by atoms with E-state index in [0.29, 0.717) is 35.9 Å². The molecular formula is C27H23N5O2. The molecule has 1 amide bonds. The van der Waals surface area contributed by atoms with Crippen molar-refractivity contribution in [3.63, 3.8) is 0 Å². The Hall–Kier alpha value is -4.28. The predicted molar refractivity (Wildman–Crippen MR) is 128 cm³/mol. The Morgan fingerprint density at radius 3 is 2.41 bits per heavy atom. The zero-order valence-electron chi connectivity index (χ0n) is 18.6. The Labute approximate surface area is 197 Å². The van der Waals surface area contributed by atoms with Crippen LogP contribution in [-0.4, -0.2) is 52.0 Å². The van der Waals surface area contributed by atoms with E-state index >= 15 is 0 Å². The van der Waals surface area contributed by atoms with Gasteiger partial charge in [-0.15, -0.1) is 0 Å². The molecule has 0 N–H and O–H groups in total. The third-order valence-corrected chi connectivity index (χ3v) is 5.96. The SMILES string of the molecule is N#Cc1cccc(C(=O)N2CCN(Cc3ccc(-c4noc(-c5ccccc5)n4)cc3)CC2)c1. The van der Waals surface area contributed by atoms with Crippen molar-refractivity contribution in [3.05, 3.63) is 95.6 Å². The van der Waals surface area contributed by atoms with Crippen LogP contribution >= 0.6 is 0 Å². The number of hydrogen-bond donors (Lipinski definition) is 0. The molecule has 1 aliphatic heterocycles. The number of carbonyl (C=O) groups is 1. The predicted octanol–water partition coefficient (Wildman–Crippen LogP) is 4.23. The van der Waals surface area contributed by atoms with Crippen LogP contribution in [0.4, 0.5) is 0 Å². The summed E-state index contributed by atoms with van der Waals surface area (Å²) < 4.78 is 5.41. The summed E-state index contributed by atoms with van der Waals surface area (Å²) in [7, 11) is 0. The first kappa shape index (κ1) is 21.6. The van der Waals surface area contributed by atoms with Crippen molar-refractivity contribution in [2.75, 3.05) is 26.2 Å². The van der Waals surface area contributed by atoms with Crippen LogP contribution in [0.2, 0.25) is 0 Å². The summed E-state index contributed by atoms with van der Waals surface area (Å²) in [5.74, 6) is 1.06. The van der Waals surface area contributed by atoms with Gasteiger partial charge in [0.15, 0.2) is 0 Å². The quantitative estimate of drug-likeness (QED) is 0.453. The third-order valence-electron chi connectivity index (χ3n) is 5.96. The Kier molecular flexibility index (Phi) is 6.15. The van der Waals surface area contributed by atoms with Crippen LogP contribution in [-0.2, 0) is 6.54 Å². The zero-order valence-corrected chi connectivity index (χ0v) is 18.6. The molecule has 7 heteroatoms. The molecule has 7 nitrogen and oxygen atoms in total. The van der Waals surface area contributed by atoms with E-state index in [1.54, 1.807) is 24.3 Å². The molecule has 5 rings (SSSR count). The van der Waals surface area contributed by atoms with Crippen LogP contribution in [0.15, 0.2) is 83.4 Å². The van der Waals surface area contributed by atoms with Gasteiger partial charge in [0.25, 0.3) is 11.8 Å². The number of amides is 1. The van der Waals surface area contributed by atoms with E-state index < -0.39 is 0 Å². The number of benzene rings is 3. The molecule has 1 aromatic heterocycles. The van der Waals surface area contributed by atoms with Gasteiger partial charge in [-0.1, -0.05) is 53.7 Å². The van der Waals surface area contributed by atoms with Crippen LogP contribution in [0.5, 0.6) is 0 Å². The van der Waals surface area contributed by atoms with Crippen molar-refractivity contribution in [2.24, 2.45) is 0 Å². The van der Waals surface area contributed by atoms with Crippen LogP contribution in [0.3, 0.4) is 0 Å². The van der Waals surface area contributed by atoms with E-state index in [1.165, 1.54) is 5.56 Å². The maximum atomic E-state index is 12.8. The minimum absolute atomic E-state index is 0.0175. The van der Waals surface area contributed by atoms with Gasteiger partial charge in [0.1, 0.15) is 0 Å². The Balaban J connectivity index is 1.17. The van der Waals surface area contributed by atoms with Crippen molar-refractivity contribution in [1.82, 2.24) is 19.9 Å². The molecule has 34 heavy (non-hydrogen) atoms. The Morgan fingerprint density at radius 1 is 0.912 bits per heavy atom. The summed E-state index contributed by atoms with van der Waals surface area (Å²) >= 11 is 0. The number of rotatable bonds is 5. The zero-order chi connectivity index (χ0) is 23.3. The molecular weight excluding hydrogens is 426 g/mol. The second kappa shape index (κ2) is 9.69. The van der Waals surface area contributed by atoms with Gasteiger partial charge >= 0.3 is 0 Å². The minimum atomic E-state index is -0.0175. The summed E-state index contributed by atoms with van der Waals surface area (Å²) in [6, 6.07) is 26.9. The second-order valence-electron chi connectivity index (χ2n) is 8.25. The molecule has 1 fully saturated rings. The van der Waals surface area contributed by atoms with Gasteiger partial charge in [0.05, 0.1) is 11.6 Å². The largest absolute Gasteiger partial charge is 0.336 e. The molecule has 0 saturated carbocycles. The number of aromatic nitrogens is 2. The summed E-state index contributed by atoms with van der Waals surface area (Å²) in [6.07, 6.45) is 0. The van der Waals surface area contributed by atoms with Gasteiger partial charge in [-0.3, -0.25) is 9.69 Å². The number of hydrogen-bond acceptors (Lipinski definition) is 6. The molecule has 0 spiro atoms. The van der Waals surface area contributed by atoms with E-state index in [9.17, 15) is 4.79 Å². The lowest BCUT2D eigenvalue weighted by atomic mass is 10.1. The molecule has 0 atom stereocenters. The second-order valence-corrected chi connectivity index (χ2v) is 8.25. The smallest absolute Gasteiger partial charge is 0.258 e. The maximum Gasteiger partial charge on any atom is 0.258 e. The monoisotopic (exact) mass is 449 g/mol. The highest BCUT2D eigenvalue weighted by Crippen LogP contribution is 2.23. The highest BCUT2D eigenvalue weighted by atomic mass is 16.5. The minimum Gasteiger partial charge on any atom is -0.336 e. The molecule has 2 heterocycles. The Bertz CT molecular complexity index is 1320. The molecule has 4 aromatic rings. The molecule has 1 saturated heterocycles. The fourth-order valence-electron chi connectivity index (χ4n) is 4.07. The van der Waals surface area contributed by atoms with E-state index in [4.69, 9.17) is 9.78 Å². The highest BCUT2D eigenvalue weighted by molar-refractivity contribution is 5.94. The first-order chi connectivity index (χ1) is 16.7. The molecule has 0 radical (unpaired) electrons. The molecule has 0 unspecified atom stereocenters. The topological polar surface area (TPSA) is 86.3 Å². The number of carbonyl (C=O) groups excluding carboxylic acids is 1. The molecule has 0 aliphatic carbocycles. The van der Waals surface area contributed by atoms with Crippen LogP contribution in [0.1, 0.15) is 21.5 Å². The average Bonchev–Trinajstić information content (AvgIpc) is 3.40. The third kappa shape index (κ3) is 4.72. The van der Waals surface area contributed by atoms with Crippen molar-refractivity contribution in [3.8, 4) is 28.9 Å². The average molecular weight is 450 g/mol. The summed E-state index contributed by atoms with van der Waals surface area (Å²) in [4.78, 5) is 21.5. The first-order valence-corrected chi connectivity index (χ1v) is 11.2.